The van der Waals surface area contributed by atoms with E-state index in [9.17, 15) is 9.90 Å². The zero-order chi connectivity index (χ0) is 26.6. The van der Waals surface area contributed by atoms with E-state index in [1.165, 1.54) is 14.2 Å². The quantitative estimate of drug-likeness (QED) is 0.346. The highest BCUT2D eigenvalue weighted by atomic mass is 35.5. The lowest BCUT2D eigenvalue weighted by molar-refractivity contribution is 0.0519. The Morgan fingerprint density at radius 2 is 1.76 bits per heavy atom. The minimum absolute atomic E-state index is 0.0536. The molecule has 0 radical (unpaired) electrons. The molecule has 11 heteroatoms. The van der Waals surface area contributed by atoms with Crippen LogP contribution >= 0.6 is 23.2 Å². The molecule has 1 aliphatic carbocycles. The SMILES string of the molecule is COc1cc(OC)c(Cl)c(-c2ncc3c(-c4ccc5c(c4)CN(C4CCC(O)CC4)C5=O)[nH]nc3n2)c1Cl. The fourth-order valence-electron chi connectivity index (χ4n) is 5.39. The number of hydrogen-bond donors (Lipinski definition) is 2. The van der Waals surface area contributed by atoms with E-state index in [4.69, 9.17) is 32.7 Å². The lowest BCUT2D eigenvalue weighted by Crippen LogP contribution is -2.39. The molecule has 196 valence electrons. The number of hydrogen-bond acceptors (Lipinski definition) is 7. The summed E-state index contributed by atoms with van der Waals surface area (Å²) in [6.07, 6.45) is 4.53. The van der Waals surface area contributed by atoms with Crippen LogP contribution in [0.25, 0.3) is 33.7 Å². The van der Waals surface area contributed by atoms with Crippen LogP contribution in [0, 0.1) is 0 Å². The second-order valence-corrected chi connectivity index (χ2v) is 10.3. The number of carbonyl (C=O) groups is 1. The lowest BCUT2D eigenvalue weighted by Gasteiger charge is -2.32. The molecule has 2 aromatic carbocycles. The number of carbonyl (C=O) groups excluding carboxylic acids is 1. The molecule has 3 heterocycles. The van der Waals surface area contributed by atoms with Crippen LogP contribution in [-0.4, -0.2) is 62.4 Å². The summed E-state index contributed by atoms with van der Waals surface area (Å²) in [6.45, 7) is 0.560. The Morgan fingerprint density at radius 3 is 2.45 bits per heavy atom. The van der Waals surface area contributed by atoms with Gasteiger partial charge in [-0.05, 0) is 43.4 Å². The van der Waals surface area contributed by atoms with E-state index < -0.39 is 0 Å². The largest absolute Gasteiger partial charge is 0.495 e. The highest BCUT2D eigenvalue weighted by Gasteiger charge is 2.35. The van der Waals surface area contributed by atoms with Crippen molar-refractivity contribution in [1.29, 1.82) is 0 Å². The molecule has 0 saturated heterocycles. The van der Waals surface area contributed by atoms with Crippen molar-refractivity contribution >= 4 is 40.1 Å². The van der Waals surface area contributed by atoms with Gasteiger partial charge >= 0.3 is 0 Å². The summed E-state index contributed by atoms with van der Waals surface area (Å²) in [4.78, 5) is 24.2. The predicted octanol–water partition coefficient (Wildman–Crippen LogP) is 5.27. The van der Waals surface area contributed by atoms with Crippen LogP contribution in [0.5, 0.6) is 11.5 Å². The third-order valence-electron chi connectivity index (χ3n) is 7.44. The number of ether oxygens (including phenoxy) is 2. The number of methoxy groups -OCH3 is 2. The Morgan fingerprint density at radius 1 is 1.05 bits per heavy atom. The number of nitrogens with zero attached hydrogens (tertiary/aromatic N) is 4. The molecule has 1 saturated carbocycles. The van der Waals surface area contributed by atoms with E-state index in [2.05, 4.69) is 20.2 Å². The standard InChI is InChI=1S/C27H25Cl2N5O4/c1-37-19-10-20(38-2)23(29)21(22(19)28)26-30-11-18-24(32-33-25(18)31-26)13-3-8-17-14(9-13)12-34(27(17)36)15-4-6-16(35)7-5-15/h3,8-11,15-16,35H,4-7,12H2,1-2H3,(H,30,31,32,33). The Labute approximate surface area is 228 Å². The summed E-state index contributed by atoms with van der Waals surface area (Å²) in [5.41, 5.74) is 4.16. The molecule has 0 bridgehead atoms. The molecule has 1 amide bonds. The average Bonchev–Trinajstić information content (AvgIpc) is 3.50. The van der Waals surface area contributed by atoms with Crippen LogP contribution in [0.15, 0.2) is 30.5 Å². The van der Waals surface area contributed by atoms with Gasteiger partial charge in [0, 0.05) is 36.0 Å². The van der Waals surface area contributed by atoms with Crippen molar-refractivity contribution in [3.8, 4) is 34.1 Å². The molecule has 4 aromatic rings. The zero-order valence-corrected chi connectivity index (χ0v) is 22.3. The first-order valence-corrected chi connectivity index (χ1v) is 13.1. The summed E-state index contributed by atoms with van der Waals surface area (Å²) < 4.78 is 10.7. The van der Waals surface area contributed by atoms with Gasteiger partial charge in [0.05, 0.1) is 47.0 Å². The average molecular weight is 554 g/mol. The van der Waals surface area contributed by atoms with Gasteiger partial charge in [0.1, 0.15) is 11.5 Å². The lowest BCUT2D eigenvalue weighted by atomic mass is 9.92. The Kier molecular flexibility index (Phi) is 6.37. The molecule has 1 fully saturated rings. The molecule has 9 nitrogen and oxygen atoms in total. The van der Waals surface area contributed by atoms with Crippen molar-refractivity contribution in [2.45, 2.75) is 44.4 Å². The minimum Gasteiger partial charge on any atom is -0.495 e. The van der Waals surface area contributed by atoms with Gasteiger partial charge in [-0.3, -0.25) is 9.89 Å². The topological polar surface area (TPSA) is 113 Å². The van der Waals surface area contributed by atoms with Gasteiger partial charge in [-0.2, -0.15) is 5.10 Å². The molecule has 2 N–H and O–H groups in total. The number of halogens is 2. The fraction of sp³-hybridized carbons (Fsp3) is 0.333. The first-order chi connectivity index (χ1) is 18.4. The number of nitrogens with one attached hydrogen (secondary N) is 1. The van der Waals surface area contributed by atoms with Gasteiger partial charge in [0.25, 0.3) is 5.91 Å². The van der Waals surface area contributed by atoms with Crippen molar-refractivity contribution in [3.05, 3.63) is 51.6 Å². The Hall–Kier alpha value is -3.40. The monoisotopic (exact) mass is 553 g/mol. The fourth-order valence-corrected chi connectivity index (χ4v) is 6.06. The number of aromatic nitrogens is 4. The van der Waals surface area contributed by atoms with Gasteiger partial charge in [-0.15, -0.1) is 0 Å². The first-order valence-electron chi connectivity index (χ1n) is 12.3. The van der Waals surface area contributed by atoms with E-state index in [1.54, 1.807) is 12.3 Å². The van der Waals surface area contributed by atoms with Crippen LogP contribution in [0.2, 0.25) is 10.0 Å². The Balaban J connectivity index is 1.33. The van der Waals surface area contributed by atoms with Crippen LogP contribution in [0.4, 0.5) is 0 Å². The molecule has 0 atom stereocenters. The van der Waals surface area contributed by atoms with Crippen LogP contribution < -0.4 is 9.47 Å². The number of amides is 1. The smallest absolute Gasteiger partial charge is 0.254 e. The van der Waals surface area contributed by atoms with E-state index in [0.29, 0.717) is 29.3 Å². The van der Waals surface area contributed by atoms with Crippen molar-refractivity contribution in [1.82, 2.24) is 25.1 Å². The van der Waals surface area contributed by atoms with E-state index >= 15 is 0 Å². The summed E-state index contributed by atoms with van der Waals surface area (Å²) in [6, 6.07) is 7.57. The van der Waals surface area contributed by atoms with E-state index in [1.807, 2.05) is 23.1 Å². The number of aliphatic hydroxyl groups is 1. The van der Waals surface area contributed by atoms with Crippen molar-refractivity contribution in [2.75, 3.05) is 14.2 Å². The van der Waals surface area contributed by atoms with Gasteiger partial charge < -0.3 is 19.5 Å². The number of rotatable bonds is 5. The van der Waals surface area contributed by atoms with E-state index in [-0.39, 0.29) is 33.9 Å². The zero-order valence-electron chi connectivity index (χ0n) is 20.8. The van der Waals surface area contributed by atoms with Crippen molar-refractivity contribution in [3.63, 3.8) is 0 Å². The second kappa shape index (κ2) is 9.72. The number of benzene rings is 2. The summed E-state index contributed by atoms with van der Waals surface area (Å²) in [7, 11) is 3.01. The normalized spacial score (nSPS) is 19.2. The van der Waals surface area contributed by atoms with Crippen LogP contribution in [-0.2, 0) is 6.54 Å². The highest BCUT2D eigenvalue weighted by Crippen LogP contribution is 2.45. The maximum atomic E-state index is 13.1. The van der Waals surface area contributed by atoms with Crippen molar-refractivity contribution < 1.29 is 19.4 Å². The number of H-pyrrole nitrogens is 1. The number of aromatic amines is 1. The van der Waals surface area contributed by atoms with E-state index in [0.717, 1.165) is 53.5 Å². The summed E-state index contributed by atoms with van der Waals surface area (Å²) >= 11 is 13.1. The minimum atomic E-state index is -0.257. The summed E-state index contributed by atoms with van der Waals surface area (Å²) in [5, 5.41) is 18.6. The maximum absolute atomic E-state index is 13.1. The third kappa shape index (κ3) is 4.05. The van der Waals surface area contributed by atoms with Crippen LogP contribution in [0.1, 0.15) is 41.6 Å². The van der Waals surface area contributed by atoms with Gasteiger partial charge in [0.15, 0.2) is 11.5 Å². The third-order valence-corrected chi connectivity index (χ3v) is 8.19. The molecule has 2 aromatic heterocycles. The van der Waals surface area contributed by atoms with Crippen molar-refractivity contribution in [2.24, 2.45) is 0 Å². The maximum Gasteiger partial charge on any atom is 0.254 e. The summed E-state index contributed by atoms with van der Waals surface area (Å²) in [5.74, 6) is 1.12. The number of fused-ring (bicyclic) bond motifs is 2. The molecule has 0 spiro atoms. The molecule has 1 aliphatic heterocycles. The van der Waals surface area contributed by atoms with Gasteiger partial charge in [0.2, 0.25) is 0 Å². The number of aliphatic hydroxyl groups excluding tert-OH is 1. The highest BCUT2D eigenvalue weighted by molar-refractivity contribution is 6.40. The first kappa shape index (κ1) is 24.9. The van der Waals surface area contributed by atoms with Gasteiger partial charge in [-0.1, -0.05) is 29.3 Å². The molecule has 6 rings (SSSR count). The molecule has 38 heavy (non-hydrogen) atoms. The molecule has 2 aliphatic rings. The predicted molar refractivity (Wildman–Crippen MR) is 144 cm³/mol. The van der Waals surface area contributed by atoms with Gasteiger partial charge in [-0.25, -0.2) is 9.97 Å². The Bertz CT molecular complexity index is 1540. The molecule has 0 unspecified atom stereocenters. The molecular formula is C27H25Cl2N5O4. The second-order valence-electron chi connectivity index (χ2n) is 9.58. The van der Waals surface area contributed by atoms with Crippen LogP contribution in [0.3, 0.4) is 0 Å². The molecular weight excluding hydrogens is 529 g/mol.